The number of ether oxygens (including phenoxy) is 1. The summed E-state index contributed by atoms with van der Waals surface area (Å²) in [6.45, 7) is 7.11. The number of halogens is 2. The summed E-state index contributed by atoms with van der Waals surface area (Å²) in [7, 11) is 0. The van der Waals surface area contributed by atoms with Crippen molar-refractivity contribution < 1.29 is 18.7 Å². The summed E-state index contributed by atoms with van der Waals surface area (Å²) >= 11 is 7.84. The number of amides is 2. The molecule has 8 heteroatoms. The first-order chi connectivity index (χ1) is 17.7. The molecule has 1 aliphatic rings. The summed E-state index contributed by atoms with van der Waals surface area (Å²) < 4.78 is 20.6. The van der Waals surface area contributed by atoms with Crippen molar-refractivity contribution in [3.8, 4) is 5.75 Å². The number of rotatable bonds is 9. The molecule has 0 N–H and O–H groups in total. The zero-order valence-electron chi connectivity index (χ0n) is 21.4. The van der Waals surface area contributed by atoms with Gasteiger partial charge in [0.1, 0.15) is 24.7 Å². The van der Waals surface area contributed by atoms with Crippen molar-refractivity contribution in [2.75, 3.05) is 26.2 Å². The number of benzene rings is 2. The Labute approximate surface area is 226 Å². The number of nitrogens with zero attached hydrogens (tertiary/aromatic N) is 2. The topological polar surface area (TPSA) is 49.9 Å². The van der Waals surface area contributed by atoms with Crippen LogP contribution in [0.4, 0.5) is 4.39 Å². The third-order valence-electron chi connectivity index (χ3n) is 6.65. The van der Waals surface area contributed by atoms with Crippen molar-refractivity contribution in [1.82, 2.24) is 9.80 Å². The lowest BCUT2D eigenvalue weighted by Gasteiger charge is -2.37. The highest BCUT2D eigenvalue weighted by atomic mass is 35.5. The molecular formula is C29H32ClFN2O3S. The maximum Gasteiger partial charge on any atom is 0.257 e. The van der Waals surface area contributed by atoms with Gasteiger partial charge in [0.15, 0.2) is 0 Å². The molecule has 37 heavy (non-hydrogen) atoms. The van der Waals surface area contributed by atoms with Gasteiger partial charge in [0, 0.05) is 23.0 Å². The second kappa shape index (κ2) is 12.1. The molecule has 1 aromatic heterocycles. The van der Waals surface area contributed by atoms with Gasteiger partial charge in [0.2, 0.25) is 5.91 Å². The minimum Gasteiger partial charge on any atom is -0.491 e. The Morgan fingerprint density at radius 2 is 2.00 bits per heavy atom. The van der Waals surface area contributed by atoms with Crippen molar-refractivity contribution in [2.45, 2.75) is 39.7 Å². The quantitative estimate of drug-likeness (QED) is 0.308. The molecule has 2 aromatic carbocycles. The molecule has 0 spiro atoms. The lowest BCUT2D eigenvalue weighted by Crippen LogP contribution is -2.48. The zero-order chi connectivity index (χ0) is 26.5. The van der Waals surface area contributed by atoms with Crippen LogP contribution in [-0.2, 0) is 11.2 Å². The largest absolute Gasteiger partial charge is 0.491 e. The lowest BCUT2D eigenvalue weighted by atomic mass is 10.00. The number of thiophene rings is 1. The molecule has 4 rings (SSSR count). The molecule has 2 heterocycles. The van der Waals surface area contributed by atoms with E-state index in [2.05, 4.69) is 13.8 Å². The molecule has 0 aliphatic carbocycles. The number of carbonyl (C=O) groups excluding carboxylic acids is 2. The molecule has 5 nitrogen and oxygen atoms in total. The predicted molar refractivity (Wildman–Crippen MR) is 146 cm³/mol. The maximum atomic E-state index is 14.4. The predicted octanol–water partition coefficient (Wildman–Crippen LogP) is 6.54. The maximum absolute atomic E-state index is 14.4. The van der Waals surface area contributed by atoms with Gasteiger partial charge < -0.3 is 14.5 Å². The van der Waals surface area contributed by atoms with Crippen LogP contribution in [0.2, 0.25) is 5.02 Å². The Bertz CT molecular complexity index is 1260. The van der Waals surface area contributed by atoms with Crippen LogP contribution in [0.1, 0.15) is 52.7 Å². The van der Waals surface area contributed by atoms with E-state index < -0.39 is 11.7 Å². The van der Waals surface area contributed by atoms with Gasteiger partial charge >= 0.3 is 0 Å². The van der Waals surface area contributed by atoms with E-state index in [-0.39, 0.29) is 30.7 Å². The van der Waals surface area contributed by atoms with Gasteiger partial charge in [0.05, 0.1) is 11.6 Å². The standard InChI is InChI=1S/C29H32ClFN2O3S/c1-19(2)10-13-32(29(35)22-6-4-5-7-25(22)31)17-28(34)33-14-11-27-23(12-15-37-27)26(33)18-36-21-8-9-24(30)20(3)16-21/h4-9,12,15-16,19,26H,10-11,13-14,17-18H2,1-3H3. The molecule has 1 unspecified atom stereocenters. The van der Waals surface area contributed by atoms with Crippen molar-refractivity contribution in [3.63, 3.8) is 0 Å². The number of hydrogen-bond acceptors (Lipinski definition) is 4. The monoisotopic (exact) mass is 542 g/mol. The van der Waals surface area contributed by atoms with E-state index in [1.165, 1.54) is 21.9 Å². The highest BCUT2D eigenvalue weighted by molar-refractivity contribution is 7.10. The summed E-state index contributed by atoms with van der Waals surface area (Å²) in [4.78, 5) is 31.5. The van der Waals surface area contributed by atoms with Crippen LogP contribution in [-0.4, -0.2) is 47.9 Å². The number of carbonyl (C=O) groups is 2. The van der Waals surface area contributed by atoms with Gasteiger partial charge in [-0.2, -0.15) is 0 Å². The highest BCUT2D eigenvalue weighted by Gasteiger charge is 2.34. The van der Waals surface area contributed by atoms with E-state index in [1.807, 2.05) is 30.5 Å². The fourth-order valence-corrected chi connectivity index (χ4v) is 5.53. The van der Waals surface area contributed by atoms with E-state index in [4.69, 9.17) is 16.3 Å². The van der Waals surface area contributed by atoms with Crippen LogP contribution in [0.15, 0.2) is 53.9 Å². The van der Waals surface area contributed by atoms with Crippen molar-refractivity contribution in [1.29, 1.82) is 0 Å². The Morgan fingerprint density at radius 3 is 2.73 bits per heavy atom. The van der Waals surface area contributed by atoms with E-state index >= 15 is 0 Å². The second-order valence-corrected chi connectivity index (χ2v) is 11.2. The molecule has 1 aliphatic heterocycles. The zero-order valence-corrected chi connectivity index (χ0v) is 22.9. The number of aryl methyl sites for hydroxylation is 1. The molecule has 0 saturated carbocycles. The van der Waals surface area contributed by atoms with Crippen molar-refractivity contribution in [3.05, 3.63) is 86.3 Å². The van der Waals surface area contributed by atoms with Crippen molar-refractivity contribution in [2.24, 2.45) is 5.92 Å². The fourth-order valence-electron chi connectivity index (χ4n) is 4.48. The Morgan fingerprint density at radius 1 is 1.22 bits per heavy atom. The van der Waals surface area contributed by atoms with Crippen LogP contribution in [0, 0.1) is 18.7 Å². The molecular weight excluding hydrogens is 511 g/mol. The Balaban J connectivity index is 1.54. The number of hydrogen-bond donors (Lipinski definition) is 0. The summed E-state index contributed by atoms with van der Waals surface area (Å²) in [6.07, 6.45) is 1.47. The SMILES string of the molecule is Cc1cc(OCC2c3ccsc3CCN2C(=O)CN(CCC(C)C)C(=O)c2ccccc2F)ccc1Cl. The molecule has 2 amide bonds. The van der Waals surface area contributed by atoms with Gasteiger partial charge in [-0.15, -0.1) is 11.3 Å². The molecule has 0 saturated heterocycles. The van der Waals surface area contributed by atoms with E-state index in [0.717, 1.165) is 17.5 Å². The van der Waals surface area contributed by atoms with Crippen LogP contribution < -0.4 is 4.74 Å². The third-order valence-corrected chi connectivity index (χ3v) is 8.07. The second-order valence-electron chi connectivity index (χ2n) is 9.76. The lowest BCUT2D eigenvalue weighted by molar-refractivity contribution is -0.135. The van der Waals surface area contributed by atoms with E-state index in [1.54, 1.807) is 34.4 Å². The Hall–Kier alpha value is -2.90. The van der Waals surface area contributed by atoms with Crippen LogP contribution >= 0.6 is 22.9 Å². The van der Waals surface area contributed by atoms with Crippen LogP contribution in [0.3, 0.4) is 0 Å². The van der Waals surface area contributed by atoms with Gasteiger partial charge in [-0.1, -0.05) is 37.6 Å². The average Bonchev–Trinajstić information content (AvgIpc) is 3.36. The van der Waals surface area contributed by atoms with E-state index in [9.17, 15) is 14.0 Å². The van der Waals surface area contributed by atoms with Crippen LogP contribution in [0.5, 0.6) is 5.75 Å². The molecule has 1 atom stereocenters. The first-order valence-electron chi connectivity index (χ1n) is 12.5. The number of fused-ring (bicyclic) bond motifs is 1. The molecule has 0 radical (unpaired) electrons. The van der Waals surface area contributed by atoms with Gasteiger partial charge in [-0.05, 0) is 78.6 Å². The summed E-state index contributed by atoms with van der Waals surface area (Å²) in [5.41, 5.74) is 1.97. The molecule has 0 fully saturated rings. The summed E-state index contributed by atoms with van der Waals surface area (Å²) in [6, 6.07) is 13.2. The Kier molecular flexibility index (Phi) is 8.87. The molecule has 3 aromatic rings. The minimum atomic E-state index is -0.583. The van der Waals surface area contributed by atoms with Gasteiger partial charge in [-0.3, -0.25) is 9.59 Å². The fraction of sp³-hybridized carbons (Fsp3) is 0.379. The first kappa shape index (κ1) is 27.1. The third kappa shape index (κ3) is 6.51. The summed E-state index contributed by atoms with van der Waals surface area (Å²) in [5, 5.41) is 2.71. The average molecular weight is 543 g/mol. The smallest absolute Gasteiger partial charge is 0.257 e. The van der Waals surface area contributed by atoms with Crippen molar-refractivity contribution >= 4 is 34.8 Å². The summed E-state index contributed by atoms with van der Waals surface area (Å²) in [5.74, 6) is -0.209. The first-order valence-corrected chi connectivity index (χ1v) is 13.8. The van der Waals surface area contributed by atoms with Gasteiger partial charge in [-0.25, -0.2) is 4.39 Å². The van der Waals surface area contributed by atoms with Crippen LogP contribution in [0.25, 0.3) is 0 Å². The highest BCUT2D eigenvalue weighted by Crippen LogP contribution is 2.34. The minimum absolute atomic E-state index is 0.0178. The van der Waals surface area contributed by atoms with E-state index in [0.29, 0.717) is 36.2 Å². The normalized spacial score (nSPS) is 15.0. The molecule has 0 bridgehead atoms. The molecule has 196 valence electrons. The van der Waals surface area contributed by atoms with Gasteiger partial charge in [0.25, 0.3) is 5.91 Å².